The molecule has 0 unspecified atom stereocenters. The Morgan fingerprint density at radius 2 is 2.07 bits per heavy atom. The highest BCUT2D eigenvalue weighted by Crippen LogP contribution is 2.41. The van der Waals surface area contributed by atoms with Gasteiger partial charge in [-0.3, -0.25) is 0 Å². The minimum absolute atomic E-state index is 0. The van der Waals surface area contributed by atoms with E-state index in [0.29, 0.717) is 0 Å². The number of aromatic nitrogens is 1. The summed E-state index contributed by atoms with van der Waals surface area (Å²) in [5, 5.41) is 1.28. The van der Waals surface area contributed by atoms with Crippen LogP contribution in [-0.4, -0.2) is 4.98 Å². The van der Waals surface area contributed by atoms with Crippen LogP contribution in [0, 0.1) is 5.92 Å². The van der Waals surface area contributed by atoms with Crippen molar-refractivity contribution in [2.75, 3.05) is 0 Å². The number of rotatable bonds is 2. The summed E-state index contributed by atoms with van der Waals surface area (Å²) in [6, 6.07) is 8.68. The Morgan fingerprint density at radius 1 is 1.27 bits per heavy atom. The molecule has 1 saturated carbocycles. The van der Waals surface area contributed by atoms with E-state index < -0.39 is 0 Å². The quantitative estimate of drug-likeness (QED) is 0.806. The van der Waals surface area contributed by atoms with Crippen LogP contribution in [0.25, 0.3) is 10.9 Å². The van der Waals surface area contributed by atoms with Crippen molar-refractivity contribution >= 4 is 23.3 Å². The average Bonchev–Trinajstić information content (AvgIpc) is 2.94. The maximum Gasteiger partial charge on any atom is 0.0457 e. The second kappa shape index (κ2) is 3.87. The first-order valence-electron chi connectivity index (χ1n) is 5.18. The highest BCUT2D eigenvalue weighted by atomic mass is 35.5. The lowest BCUT2D eigenvalue weighted by molar-refractivity contribution is 0.638. The molecule has 3 heteroatoms. The highest BCUT2D eigenvalue weighted by molar-refractivity contribution is 5.85. The third-order valence-electron chi connectivity index (χ3n) is 3.12. The molecule has 80 valence electrons. The van der Waals surface area contributed by atoms with Gasteiger partial charge in [0.05, 0.1) is 0 Å². The van der Waals surface area contributed by atoms with E-state index in [4.69, 9.17) is 5.73 Å². The first-order chi connectivity index (χ1) is 6.86. The van der Waals surface area contributed by atoms with Crippen LogP contribution in [0.15, 0.2) is 30.5 Å². The van der Waals surface area contributed by atoms with E-state index in [9.17, 15) is 0 Å². The predicted molar refractivity (Wildman–Crippen MR) is 65.2 cm³/mol. The van der Waals surface area contributed by atoms with E-state index in [1.807, 2.05) is 6.20 Å². The Labute approximate surface area is 95.3 Å². The third kappa shape index (κ3) is 1.75. The number of benzene rings is 1. The molecule has 0 spiro atoms. The number of hydrogen-bond donors (Lipinski definition) is 2. The molecule has 1 aliphatic rings. The van der Waals surface area contributed by atoms with E-state index >= 15 is 0 Å². The number of aromatic amines is 1. The number of halogens is 1. The normalized spacial score (nSPS) is 17.4. The molecule has 1 aromatic carbocycles. The fourth-order valence-electron chi connectivity index (χ4n) is 2.11. The van der Waals surface area contributed by atoms with Gasteiger partial charge in [0.2, 0.25) is 0 Å². The van der Waals surface area contributed by atoms with E-state index in [1.54, 1.807) is 0 Å². The first kappa shape index (κ1) is 10.5. The Bertz CT molecular complexity index is 459. The molecule has 15 heavy (non-hydrogen) atoms. The first-order valence-corrected chi connectivity index (χ1v) is 5.18. The zero-order valence-electron chi connectivity index (χ0n) is 8.44. The number of H-pyrrole nitrogens is 1. The van der Waals surface area contributed by atoms with Gasteiger partial charge in [-0.1, -0.05) is 12.1 Å². The Balaban J connectivity index is 0.000000853. The molecule has 0 saturated heterocycles. The van der Waals surface area contributed by atoms with Crippen LogP contribution in [-0.2, 0) is 0 Å². The summed E-state index contributed by atoms with van der Waals surface area (Å²) in [5.41, 5.74) is 8.70. The van der Waals surface area contributed by atoms with Gasteiger partial charge in [-0.25, -0.2) is 0 Å². The summed E-state index contributed by atoms with van der Waals surface area (Å²) in [5.74, 6) is 0.718. The topological polar surface area (TPSA) is 41.8 Å². The summed E-state index contributed by atoms with van der Waals surface area (Å²) in [6.07, 6.45) is 4.57. The number of nitrogens with one attached hydrogen (secondary N) is 1. The molecule has 0 aliphatic heterocycles. The molecule has 1 aliphatic carbocycles. The largest absolute Gasteiger partial charge is 0.361 e. The lowest BCUT2D eigenvalue weighted by Gasteiger charge is -2.11. The van der Waals surface area contributed by atoms with Crippen molar-refractivity contribution < 1.29 is 0 Å². The maximum atomic E-state index is 6.21. The standard InChI is InChI=1S/C12H14N2.ClH/c13-12(8-4-5-8)10-2-1-3-11-9(10)6-7-14-11;/h1-3,6-8,12,14H,4-5,13H2;1H/t12-;/m0./s1. The Morgan fingerprint density at radius 3 is 2.80 bits per heavy atom. The molecule has 2 aromatic rings. The van der Waals surface area contributed by atoms with Crippen LogP contribution in [0.2, 0.25) is 0 Å². The van der Waals surface area contributed by atoms with Crippen molar-refractivity contribution in [3.8, 4) is 0 Å². The van der Waals surface area contributed by atoms with E-state index in [-0.39, 0.29) is 18.4 Å². The molecule has 1 heterocycles. The van der Waals surface area contributed by atoms with Crippen molar-refractivity contribution in [1.82, 2.24) is 4.98 Å². The van der Waals surface area contributed by atoms with Gasteiger partial charge in [-0.05, 0) is 36.5 Å². The van der Waals surface area contributed by atoms with E-state index in [0.717, 1.165) is 5.92 Å². The SMILES string of the molecule is Cl.N[C@H](c1cccc2[nH]ccc12)C1CC1. The summed E-state index contributed by atoms with van der Waals surface area (Å²) in [7, 11) is 0. The van der Waals surface area contributed by atoms with Crippen LogP contribution in [0.5, 0.6) is 0 Å². The summed E-state index contributed by atoms with van der Waals surface area (Å²) < 4.78 is 0. The van der Waals surface area contributed by atoms with Crippen LogP contribution in [0.4, 0.5) is 0 Å². The van der Waals surface area contributed by atoms with Gasteiger partial charge in [0.1, 0.15) is 0 Å². The fourth-order valence-corrected chi connectivity index (χ4v) is 2.11. The maximum absolute atomic E-state index is 6.21. The molecule has 1 aromatic heterocycles. The van der Waals surface area contributed by atoms with Crippen LogP contribution < -0.4 is 5.73 Å². The monoisotopic (exact) mass is 222 g/mol. The predicted octanol–water partition coefficient (Wildman–Crippen LogP) is 3.00. The smallest absolute Gasteiger partial charge is 0.0457 e. The van der Waals surface area contributed by atoms with E-state index in [1.165, 1.54) is 29.3 Å². The van der Waals surface area contributed by atoms with Crippen molar-refractivity contribution in [3.63, 3.8) is 0 Å². The summed E-state index contributed by atoms with van der Waals surface area (Å²) >= 11 is 0. The van der Waals surface area contributed by atoms with Crippen molar-refractivity contribution in [2.45, 2.75) is 18.9 Å². The molecule has 0 bridgehead atoms. The Kier molecular flexibility index (Phi) is 2.72. The molecule has 3 N–H and O–H groups in total. The average molecular weight is 223 g/mol. The van der Waals surface area contributed by atoms with Crippen molar-refractivity contribution in [3.05, 3.63) is 36.0 Å². The fraction of sp³-hybridized carbons (Fsp3) is 0.333. The van der Waals surface area contributed by atoms with Gasteiger partial charge in [0.15, 0.2) is 0 Å². The molecule has 3 rings (SSSR count). The van der Waals surface area contributed by atoms with Gasteiger partial charge in [-0.15, -0.1) is 12.4 Å². The van der Waals surface area contributed by atoms with Crippen molar-refractivity contribution in [1.29, 1.82) is 0 Å². The lowest BCUT2D eigenvalue weighted by atomic mass is 10.00. The molecule has 0 radical (unpaired) electrons. The van der Waals surface area contributed by atoms with Crippen LogP contribution >= 0.6 is 12.4 Å². The molecule has 1 atom stereocenters. The lowest BCUT2D eigenvalue weighted by Crippen LogP contribution is -2.12. The third-order valence-corrected chi connectivity index (χ3v) is 3.12. The molecule has 2 nitrogen and oxygen atoms in total. The number of fused-ring (bicyclic) bond motifs is 1. The minimum Gasteiger partial charge on any atom is -0.361 e. The number of nitrogens with two attached hydrogens (primary N) is 1. The van der Waals surface area contributed by atoms with Gasteiger partial charge >= 0.3 is 0 Å². The minimum atomic E-state index is 0. The summed E-state index contributed by atoms with van der Waals surface area (Å²) in [6.45, 7) is 0. The number of hydrogen-bond acceptors (Lipinski definition) is 1. The zero-order chi connectivity index (χ0) is 9.54. The van der Waals surface area contributed by atoms with Crippen LogP contribution in [0.3, 0.4) is 0 Å². The molecule has 1 fully saturated rings. The van der Waals surface area contributed by atoms with Gasteiger partial charge in [0.25, 0.3) is 0 Å². The molecular weight excluding hydrogens is 208 g/mol. The van der Waals surface area contributed by atoms with Gasteiger partial charge < -0.3 is 10.7 Å². The summed E-state index contributed by atoms with van der Waals surface area (Å²) in [4.78, 5) is 3.22. The van der Waals surface area contributed by atoms with Gasteiger partial charge in [-0.2, -0.15) is 0 Å². The zero-order valence-corrected chi connectivity index (χ0v) is 9.26. The Hall–Kier alpha value is -0.990. The van der Waals surface area contributed by atoms with E-state index in [2.05, 4.69) is 29.2 Å². The molecule has 0 amide bonds. The molecular formula is C12H15ClN2. The van der Waals surface area contributed by atoms with Crippen molar-refractivity contribution in [2.24, 2.45) is 11.7 Å². The van der Waals surface area contributed by atoms with Crippen LogP contribution in [0.1, 0.15) is 24.4 Å². The second-order valence-electron chi connectivity index (χ2n) is 4.15. The van der Waals surface area contributed by atoms with Gasteiger partial charge in [0, 0.05) is 23.1 Å². The second-order valence-corrected chi connectivity index (χ2v) is 4.15. The highest BCUT2D eigenvalue weighted by Gasteiger charge is 2.30.